The second-order valence-electron chi connectivity index (χ2n) is 8.42. The lowest BCUT2D eigenvalue weighted by atomic mass is 10.0. The molecule has 4 rings (SSSR count). The predicted molar refractivity (Wildman–Crippen MR) is 127 cm³/mol. The third kappa shape index (κ3) is 5.80. The van der Waals surface area contributed by atoms with E-state index in [1.165, 1.54) is 11.6 Å². The molecule has 4 aromatic rings. The van der Waals surface area contributed by atoms with Gasteiger partial charge in [-0.2, -0.15) is 0 Å². The first-order valence-electron chi connectivity index (χ1n) is 11.3. The van der Waals surface area contributed by atoms with E-state index in [4.69, 9.17) is 13.9 Å². The molecule has 0 aliphatic rings. The van der Waals surface area contributed by atoms with Gasteiger partial charge < -0.3 is 13.9 Å². The molecule has 2 aromatic heterocycles. The fourth-order valence-electron chi connectivity index (χ4n) is 3.56. The smallest absolute Gasteiger partial charge is 0.339 e. The molecule has 0 spiro atoms. The summed E-state index contributed by atoms with van der Waals surface area (Å²) in [6, 6.07) is 15.1. The van der Waals surface area contributed by atoms with Crippen molar-refractivity contribution in [3.05, 3.63) is 82.0 Å². The van der Waals surface area contributed by atoms with Crippen LogP contribution in [0.4, 0.5) is 0 Å². The first-order valence-corrected chi connectivity index (χ1v) is 11.3. The van der Waals surface area contributed by atoms with Crippen LogP contribution in [0.3, 0.4) is 0 Å². The minimum Gasteiger partial charge on any atom is -0.493 e. The molecular weight excluding hydrogens is 418 g/mol. The van der Waals surface area contributed by atoms with E-state index in [0.717, 1.165) is 41.8 Å². The zero-order valence-corrected chi connectivity index (χ0v) is 19.3. The largest absolute Gasteiger partial charge is 0.493 e. The summed E-state index contributed by atoms with van der Waals surface area (Å²) in [6.07, 6.45) is 3.61. The molecule has 2 heterocycles. The second kappa shape index (κ2) is 10.3. The Morgan fingerprint density at radius 1 is 1.03 bits per heavy atom. The molecule has 0 aliphatic heterocycles. The lowest BCUT2D eigenvalue weighted by Crippen LogP contribution is -2.05. The zero-order chi connectivity index (χ0) is 23.2. The van der Waals surface area contributed by atoms with E-state index in [0.29, 0.717) is 30.5 Å². The van der Waals surface area contributed by atoms with Gasteiger partial charge in [0.2, 0.25) is 0 Å². The Hall–Kier alpha value is -3.61. The average molecular weight is 448 g/mol. The minimum absolute atomic E-state index is 0.384. The quantitative estimate of drug-likeness (QED) is 0.244. The van der Waals surface area contributed by atoms with Gasteiger partial charge in [0.15, 0.2) is 0 Å². The maximum atomic E-state index is 11.7. The van der Waals surface area contributed by atoms with Gasteiger partial charge in [-0.05, 0) is 55.0 Å². The van der Waals surface area contributed by atoms with Crippen molar-refractivity contribution in [2.24, 2.45) is 0 Å². The molecular formula is C26H29N3O4. The van der Waals surface area contributed by atoms with Crippen molar-refractivity contribution in [2.45, 2.75) is 52.7 Å². The van der Waals surface area contributed by atoms with Crippen molar-refractivity contribution in [2.75, 3.05) is 6.61 Å². The summed E-state index contributed by atoms with van der Waals surface area (Å²) in [5.74, 6) is 1.89. The minimum atomic E-state index is -0.410. The molecule has 0 fully saturated rings. The number of nitrogens with zero attached hydrogens (tertiary/aromatic N) is 3. The van der Waals surface area contributed by atoms with E-state index >= 15 is 0 Å². The molecule has 0 atom stereocenters. The molecule has 172 valence electrons. The molecule has 0 saturated heterocycles. The molecule has 0 N–H and O–H groups in total. The number of aryl methyl sites for hydroxylation is 2. The number of unbranched alkanes of at least 4 members (excludes halogenated alkanes) is 1. The Kier molecular flexibility index (Phi) is 7.07. The molecule has 0 saturated carbocycles. The van der Waals surface area contributed by atoms with Gasteiger partial charge in [0.25, 0.3) is 0 Å². The van der Waals surface area contributed by atoms with Crippen LogP contribution in [-0.2, 0) is 13.2 Å². The first kappa shape index (κ1) is 22.6. The van der Waals surface area contributed by atoms with Crippen LogP contribution in [0.1, 0.15) is 49.4 Å². The number of benzene rings is 2. The standard InChI is InChI=1S/C26H29N3O4/c1-18(2)20-11-10-19(3)24(14-20)32-17-21-16-29(28-27-21)12-6-7-13-31-25-15-26(30)33-23-9-5-4-8-22(23)25/h4-5,8-11,14-16,18H,6-7,12-13,17H2,1-3H3. The van der Waals surface area contributed by atoms with Crippen molar-refractivity contribution in [3.8, 4) is 11.5 Å². The fourth-order valence-corrected chi connectivity index (χ4v) is 3.56. The Morgan fingerprint density at radius 3 is 2.73 bits per heavy atom. The first-order chi connectivity index (χ1) is 16.0. The highest BCUT2D eigenvalue weighted by Gasteiger charge is 2.08. The number of hydrogen-bond donors (Lipinski definition) is 0. The Labute approximate surface area is 193 Å². The third-order valence-electron chi connectivity index (χ3n) is 5.49. The SMILES string of the molecule is Cc1ccc(C(C)C)cc1OCc1cn(CCCCOc2cc(=O)oc3ccccc23)nn1. The van der Waals surface area contributed by atoms with Crippen LogP contribution in [0.25, 0.3) is 11.0 Å². The molecule has 7 nitrogen and oxygen atoms in total. The summed E-state index contributed by atoms with van der Waals surface area (Å²) in [4.78, 5) is 11.7. The van der Waals surface area contributed by atoms with Crippen LogP contribution < -0.4 is 15.1 Å². The highest BCUT2D eigenvalue weighted by Crippen LogP contribution is 2.25. The maximum Gasteiger partial charge on any atom is 0.339 e. The van der Waals surface area contributed by atoms with Gasteiger partial charge in [-0.1, -0.05) is 43.3 Å². The topological polar surface area (TPSA) is 79.4 Å². The molecule has 0 radical (unpaired) electrons. The van der Waals surface area contributed by atoms with Gasteiger partial charge in [0.1, 0.15) is 29.4 Å². The zero-order valence-electron chi connectivity index (χ0n) is 19.3. The van der Waals surface area contributed by atoms with Crippen molar-refractivity contribution in [3.63, 3.8) is 0 Å². The Morgan fingerprint density at radius 2 is 1.88 bits per heavy atom. The highest BCUT2D eigenvalue weighted by molar-refractivity contribution is 5.82. The summed E-state index contributed by atoms with van der Waals surface area (Å²) < 4.78 is 18.9. The summed E-state index contributed by atoms with van der Waals surface area (Å²) >= 11 is 0. The Bertz CT molecular complexity index is 1280. The number of aromatic nitrogens is 3. The van der Waals surface area contributed by atoms with Crippen molar-refractivity contribution in [1.82, 2.24) is 15.0 Å². The molecule has 0 unspecified atom stereocenters. The average Bonchev–Trinajstić information content (AvgIpc) is 3.25. The summed E-state index contributed by atoms with van der Waals surface area (Å²) in [7, 11) is 0. The second-order valence-corrected chi connectivity index (χ2v) is 8.42. The van der Waals surface area contributed by atoms with E-state index in [-0.39, 0.29) is 0 Å². The summed E-state index contributed by atoms with van der Waals surface area (Å²) in [5.41, 5.74) is 3.28. The summed E-state index contributed by atoms with van der Waals surface area (Å²) in [6.45, 7) is 8.01. The lowest BCUT2D eigenvalue weighted by Gasteiger charge is -2.11. The molecule has 0 amide bonds. The van der Waals surface area contributed by atoms with Crippen LogP contribution in [0.15, 0.2) is 63.9 Å². The maximum absolute atomic E-state index is 11.7. The predicted octanol–water partition coefficient (Wildman–Crippen LogP) is 5.25. The molecule has 2 aromatic carbocycles. The van der Waals surface area contributed by atoms with Crippen LogP contribution in [0.2, 0.25) is 0 Å². The highest BCUT2D eigenvalue weighted by atomic mass is 16.5. The molecule has 33 heavy (non-hydrogen) atoms. The van der Waals surface area contributed by atoms with Crippen molar-refractivity contribution in [1.29, 1.82) is 0 Å². The van der Waals surface area contributed by atoms with Crippen LogP contribution in [0, 0.1) is 6.92 Å². The van der Waals surface area contributed by atoms with Crippen LogP contribution in [0.5, 0.6) is 11.5 Å². The monoisotopic (exact) mass is 447 g/mol. The summed E-state index contributed by atoms with van der Waals surface area (Å²) in [5, 5.41) is 9.22. The number of fused-ring (bicyclic) bond motifs is 1. The van der Waals surface area contributed by atoms with Gasteiger partial charge in [0.05, 0.1) is 24.3 Å². The van der Waals surface area contributed by atoms with Gasteiger partial charge in [-0.15, -0.1) is 5.10 Å². The Balaban J connectivity index is 1.24. The van der Waals surface area contributed by atoms with Crippen LogP contribution in [-0.4, -0.2) is 21.6 Å². The van der Waals surface area contributed by atoms with Crippen LogP contribution >= 0.6 is 0 Å². The van der Waals surface area contributed by atoms with E-state index in [1.54, 1.807) is 6.07 Å². The normalized spacial score (nSPS) is 11.3. The van der Waals surface area contributed by atoms with Gasteiger partial charge >= 0.3 is 5.63 Å². The van der Waals surface area contributed by atoms with Crippen molar-refractivity contribution >= 4 is 11.0 Å². The van der Waals surface area contributed by atoms with Gasteiger partial charge in [-0.3, -0.25) is 4.68 Å². The molecule has 0 aliphatic carbocycles. The number of ether oxygens (including phenoxy) is 2. The van der Waals surface area contributed by atoms with E-state index in [1.807, 2.05) is 36.0 Å². The lowest BCUT2D eigenvalue weighted by molar-refractivity contribution is 0.298. The van der Waals surface area contributed by atoms with E-state index in [9.17, 15) is 4.79 Å². The van der Waals surface area contributed by atoms with Gasteiger partial charge in [-0.25, -0.2) is 4.79 Å². The van der Waals surface area contributed by atoms with E-state index in [2.05, 4.69) is 42.4 Å². The number of rotatable bonds is 10. The number of para-hydroxylation sites is 1. The molecule has 0 bridgehead atoms. The fraction of sp³-hybridized carbons (Fsp3) is 0.346. The number of hydrogen-bond acceptors (Lipinski definition) is 6. The third-order valence-corrected chi connectivity index (χ3v) is 5.49. The van der Waals surface area contributed by atoms with Gasteiger partial charge in [0, 0.05) is 6.54 Å². The van der Waals surface area contributed by atoms with Crippen molar-refractivity contribution < 1.29 is 13.9 Å². The molecule has 7 heteroatoms. The van der Waals surface area contributed by atoms with E-state index < -0.39 is 5.63 Å².